The number of pyridine rings is 1. The average Bonchev–Trinajstić information content (AvgIpc) is 2.74. The van der Waals surface area contributed by atoms with E-state index in [0.29, 0.717) is 45.1 Å². The van der Waals surface area contributed by atoms with Crippen molar-refractivity contribution in [2.24, 2.45) is 0 Å². The SMILES string of the molecule is CCOc1cc(-c2cc(C)[nH]c(=O)c2C#N)c(Br)cc1OCC(=O)Nc1ccccc1. The molecule has 8 heteroatoms. The number of carbonyl (C=O) groups is 1. The molecule has 1 aromatic heterocycles. The molecule has 7 nitrogen and oxygen atoms in total. The molecule has 0 atom stereocenters. The molecule has 0 spiro atoms. The highest BCUT2D eigenvalue weighted by atomic mass is 79.9. The summed E-state index contributed by atoms with van der Waals surface area (Å²) in [7, 11) is 0. The number of carbonyl (C=O) groups excluding carboxylic acids is 1. The highest BCUT2D eigenvalue weighted by molar-refractivity contribution is 9.10. The first-order valence-corrected chi connectivity index (χ1v) is 10.3. The minimum absolute atomic E-state index is 0.00431. The lowest BCUT2D eigenvalue weighted by molar-refractivity contribution is -0.118. The third-order valence-corrected chi connectivity index (χ3v) is 4.98. The monoisotopic (exact) mass is 481 g/mol. The topological polar surface area (TPSA) is 104 Å². The van der Waals surface area contributed by atoms with Crippen molar-refractivity contribution in [1.29, 1.82) is 5.26 Å². The minimum Gasteiger partial charge on any atom is -0.490 e. The van der Waals surface area contributed by atoms with Crippen LogP contribution in [0, 0.1) is 18.3 Å². The number of nitrogens with zero attached hydrogens (tertiary/aromatic N) is 1. The van der Waals surface area contributed by atoms with E-state index in [1.807, 2.05) is 31.2 Å². The zero-order chi connectivity index (χ0) is 22.4. The lowest BCUT2D eigenvalue weighted by Crippen LogP contribution is -2.20. The molecule has 0 bridgehead atoms. The number of hydrogen-bond acceptors (Lipinski definition) is 5. The Morgan fingerprint density at radius 2 is 1.84 bits per heavy atom. The van der Waals surface area contributed by atoms with Crippen LogP contribution in [0.25, 0.3) is 11.1 Å². The van der Waals surface area contributed by atoms with Gasteiger partial charge in [-0.15, -0.1) is 0 Å². The van der Waals surface area contributed by atoms with Crippen LogP contribution in [-0.2, 0) is 4.79 Å². The summed E-state index contributed by atoms with van der Waals surface area (Å²) in [6.45, 7) is 3.72. The Bertz CT molecular complexity index is 1200. The molecule has 0 unspecified atom stereocenters. The van der Waals surface area contributed by atoms with Crippen LogP contribution in [-0.4, -0.2) is 24.1 Å². The molecule has 1 amide bonds. The number of ether oxygens (including phenoxy) is 2. The van der Waals surface area contributed by atoms with Crippen LogP contribution in [0.1, 0.15) is 18.2 Å². The standard InChI is InChI=1S/C23H20BrN3O4/c1-3-30-20-10-17(16-9-14(2)26-23(29)18(16)12-25)19(24)11-21(20)31-13-22(28)27-15-7-5-4-6-8-15/h4-11H,3,13H2,1-2H3,(H,26,29)(H,27,28). The molecule has 0 radical (unpaired) electrons. The Balaban J connectivity index is 1.90. The summed E-state index contributed by atoms with van der Waals surface area (Å²) in [5, 5.41) is 12.2. The van der Waals surface area contributed by atoms with Crippen LogP contribution in [0.3, 0.4) is 0 Å². The first kappa shape index (κ1) is 22.1. The van der Waals surface area contributed by atoms with Gasteiger partial charge in [0, 0.05) is 27.0 Å². The van der Waals surface area contributed by atoms with E-state index in [4.69, 9.17) is 9.47 Å². The Hall–Kier alpha value is -3.57. The fourth-order valence-electron chi connectivity index (χ4n) is 3.00. The van der Waals surface area contributed by atoms with Crippen molar-refractivity contribution in [3.8, 4) is 28.7 Å². The number of benzene rings is 2. The van der Waals surface area contributed by atoms with Gasteiger partial charge in [-0.25, -0.2) is 0 Å². The summed E-state index contributed by atoms with van der Waals surface area (Å²) in [6.07, 6.45) is 0. The van der Waals surface area contributed by atoms with Gasteiger partial charge in [-0.3, -0.25) is 9.59 Å². The zero-order valence-corrected chi connectivity index (χ0v) is 18.6. The van der Waals surface area contributed by atoms with Gasteiger partial charge in [0.25, 0.3) is 11.5 Å². The number of halogens is 1. The summed E-state index contributed by atoms with van der Waals surface area (Å²) in [5.74, 6) is 0.446. The lowest BCUT2D eigenvalue weighted by Gasteiger charge is -2.16. The average molecular weight is 482 g/mol. The molecule has 2 aromatic carbocycles. The fourth-order valence-corrected chi connectivity index (χ4v) is 3.53. The van der Waals surface area contributed by atoms with E-state index in [2.05, 4.69) is 26.2 Å². The Morgan fingerprint density at radius 3 is 2.52 bits per heavy atom. The van der Waals surface area contributed by atoms with Gasteiger partial charge < -0.3 is 19.8 Å². The van der Waals surface area contributed by atoms with Gasteiger partial charge in [0.05, 0.1) is 6.61 Å². The van der Waals surface area contributed by atoms with Crippen LogP contribution >= 0.6 is 15.9 Å². The van der Waals surface area contributed by atoms with Crippen LogP contribution in [0.4, 0.5) is 5.69 Å². The van der Waals surface area contributed by atoms with Gasteiger partial charge in [-0.1, -0.05) is 34.1 Å². The summed E-state index contributed by atoms with van der Waals surface area (Å²) in [5.41, 5.74) is 1.93. The van der Waals surface area contributed by atoms with E-state index >= 15 is 0 Å². The number of aromatic nitrogens is 1. The Kier molecular flexibility index (Phi) is 7.11. The van der Waals surface area contributed by atoms with E-state index in [0.717, 1.165) is 0 Å². The second kappa shape index (κ2) is 9.96. The van der Waals surface area contributed by atoms with Crippen molar-refractivity contribution in [2.75, 3.05) is 18.5 Å². The molecule has 3 aromatic rings. The third-order valence-electron chi connectivity index (χ3n) is 4.32. The summed E-state index contributed by atoms with van der Waals surface area (Å²) >= 11 is 3.48. The number of hydrogen-bond donors (Lipinski definition) is 2. The second-order valence-electron chi connectivity index (χ2n) is 6.60. The van der Waals surface area contributed by atoms with E-state index in [-0.39, 0.29) is 18.1 Å². The van der Waals surface area contributed by atoms with Crippen LogP contribution < -0.4 is 20.3 Å². The van der Waals surface area contributed by atoms with Crippen molar-refractivity contribution in [2.45, 2.75) is 13.8 Å². The number of nitrogens with one attached hydrogen (secondary N) is 2. The number of para-hydroxylation sites is 1. The molecule has 3 rings (SSSR count). The largest absolute Gasteiger partial charge is 0.490 e. The fraction of sp³-hybridized carbons (Fsp3) is 0.174. The molecule has 0 saturated heterocycles. The van der Waals surface area contributed by atoms with E-state index in [1.165, 1.54) is 0 Å². The molecular formula is C23H20BrN3O4. The maximum atomic E-state index is 12.2. The van der Waals surface area contributed by atoms with Crippen LogP contribution in [0.2, 0.25) is 0 Å². The van der Waals surface area contributed by atoms with Crippen LogP contribution in [0.15, 0.2) is 57.8 Å². The lowest BCUT2D eigenvalue weighted by atomic mass is 10.0. The maximum absolute atomic E-state index is 12.2. The first-order valence-electron chi connectivity index (χ1n) is 9.51. The first-order chi connectivity index (χ1) is 14.9. The Morgan fingerprint density at radius 1 is 1.13 bits per heavy atom. The number of amides is 1. The van der Waals surface area contributed by atoms with E-state index in [9.17, 15) is 14.9 Å². The molecule has 0 saturated carbocycles. The Labute approximate surface area is 187 Å². The molecule has 31 heavy (non-hydrogen) atoms. The summed E-state index contributed by atoms with van der Waals surface area (Å²) in [6, 6.07) is 16.1. The second-order valence-corrected chi connectivity index (χ2v) is 7.45. The van der Waals surface area contributed by atoms with Gasteiger partial charge >= 0.3 is 0 Å². The maximum Gasteiger partial charge on any atom is 0.266 e. The zero-order valence-electron chi connectivity index (χ0n) is 17.0. The molecule has 0 fully saturated rings. The minimum atomic E-state index is -0.458. The van der Waals surface area contributed by atoms with Crippen LogP contribution in [0.5, 0.6) is 11.5 Å². The number of aryl methyl sites for hydroxylation is 1. The van der Waals surface area contributed by atoms with Crippen molar-refractivity contribution in [3.63, 3.8) is 0 Å². The number of rotatable bonds is 7. The molecule has 0 aliphatic rings. The van der Waals surface area contributed by atoms with Crippen molar-refractivity contribution in [3.05, 3.63) is 74.6 Å². The van der Waals surface area contributed by atoms with Gasteiger partial charge in [0.2, 0.25) is 0 Å². The quantitative estimate of drug-likeness (QED) is 0.520. The van der Waals surface area contributed by atoms with Gasteiger partial charge in [0.15, 0.2) is 18.1 Å². The molecule has 2 N–H and O–H groups in total. The highest BCUT2D eigenvalue weighted by Crippen LogP contribution is 2.39. The van der Waals surface area contributed by atoms with Crippen molar-refractivity contribution < 1.29 is 14.3 Å². The third kappa shape index (κ3) is 5.32. The normalized spacial score (nSPS) is 10.3. The van der Waals surface area contributed by atoms with Gasteiger partial charge in [-0.05, 0) is 44.2 Å². The predicted octanol–water partition coefficient (Wildman–Crippen LogP) is 4.40. The van der Waals surface area contributed by atoms with Gasteiger partial charge in [0.1, 0.15) is 11.6 Å². The molecule has 1 heterocycles. The smallest absolute Gasteiger partial charge is 0.266 e. The van der Waals surface area contributed by atoms with Gasteiger partial charge in [-0.2, -0.15) is 5.26 Å². The molecular weight excluding hydrogens is 462 g/mol. The summed E-state index contributed by atoms with van der Waals surface area (Å²) < 4.78 is 12.0. The number of anilines is 1. The number of nitriles is 1. The molecule has 0 aliphatic heterocycles. The van der Waals surface area contributed by atoms with E-state index in [1.54, 1.807) is 37.3 Å². The predicted molar refractivity (Wildman–Crippen MR) is 121 cm³/mol. The number of aromatic amines is 1. The number of H-pyrrole nitrogens is 1. The van der Waals surface area contributed by atoms with Crippen molar-refractivity contribution in [1.82, 2.24) is 4.98 Å². The summed E-state index contributed by atoms with van der Waals surface area (Å²) in [4.78, 5) is 27.0. The van der Waals surface area contributed by atoms with Crippen molar-refractivity contribution >= 4 is 27.5 Å². The highest BCUT2D eigenvalue weighted by Gasteiger charge is 2.18. The molecule has 0 aliphatic carbocycles. The molecule has 158 valence electrons. The van der Waals surface area contributed by atoms with E-state index < -0.39 is 5.56 Å².